The maximum absolute atomic E-state index is 11.9. The van der Waals surface area contributed by atoms with E-state index in [2.05, 4.69) is 5.32 Å². The summed E-state index contributed by atoms with van der Waals surface area (Å²) in [6, 6.07) is 6.08. The average Bonchev–Trinajstić information content (AvgIpc) is 2.90. The fraction of sp³-hybridized carbons (Fsp3) is 0.562. The molecule has 1 atom stereocenters. The number of amides is 1. The van der Waals surface area contributed by atoms with Gasteiger partial charge < -0.3 is 15.8 Å². The van der Waals surface area contributed by atoms with E-state index < -0.39 is 0 Å². The first-order chi connectivity index (χ1) is 9.56. The normalized spacial score (nSPS) is 16.9. The third-order valence-electron chi connectivity index (χ3n) is 3.73. The topological polar surface area (TPSA) is 64.3 Å². The number of aryl methyl sites for hydroxylation is 1. The van der Waals surface area contributed by atoms with Gasteiger partial charge in [0.25, 0.3) is 5.91 Å². The van der Waals surface area contributed by atoms with Crippen LogP contribution in [0, 0.1) is 6.92 Å². The molecule has 1 aliphatic rings. The highest BCUT2D eigenvalue weighted by molar-refractivity contribution is 5.77. The minimum Gasteiger partial charge on any atom is -0.483 e. The van der Waals surface area contributed by atoms with E-state index in [1.807, 2.05) is 32.0 Å². The Bertz CT molecular complexity index is 466. The molecule has 1 aromatic carbocycles. The molecule has 0 saturated heterocycles. The monoisotopic (exact) mass is 276 g/mol. The van der Waals surface area contributed by atoms with E-state index >= 15 is 0 Å². The highest BCUT2D eigenvalue weighted by Crippen LogP contribution is 2.25. The van der Waals surface area contributed by atoms with Crippen LogP contribution in [-0.2, 0) is 4.79 Å². The minimum absolute atomic E-state index is 0.0481. The second-order valence-corrected chi connectivity index (χ2v) is 5.67. The molecule has 0 radical (unpaired) electrons. The van der Waals surface area contributed by atoms with Crippen LogP contribution in [-0.4, -0.2) is 18.6 Å². The van der Waals surface area contributed by atoms with Crippen molar-refractivity contribution in [1.82, 2.24) is 5.32 Å². The summed E-state index contributed by atoms with van der Waals surface area (Å²) in [4.78, 5) is 11.9. The molecule has 4 nitrogen and oxygen atoms in total. The minimum atomic E-state index is -0.109. The van der Waals surface area contributed by atoms with Crippen LogP contribution < -0.4 is 15.8 Å². The molecular formula is C16H24N2O2. The first-order valence-corrected chi connectivity index (χ1v) is 7.34. The van der Waals surface area contributed by atoms with Crippen molar-refractivity contribution >= 4 is 5.91 Å². The van der Waals surface area contributed by atoms with Crippen molar-refractivity contribution < 1.29 is 9.53 Å². The zero-order valence-electron chi connectivity index (χ0n) is 12.3. The van der Waals surface area contributed by atoms with Crippen molar-refractivity contribution in [3.8, 4) is 5.75 Å². The lowest BCUT2D eigenvalue weighted by Crippen LogP contribution is -2.36. The van der Waals surface area contributed by atoms with Crippen LogP contribution in [0.25, 0.3) is 0 Å². The molecule has 0 unspecified atom stereocenters. The van der Waals surface area contributed by atoms with Crippen molar-refractivity contribution in [1.29, 1.82) is 0 Å². The van der Waals surface area contributed by atoms with E-state index in [1.165, 1.54) is 12.8 Å². The number of hydrogen-bond acceptors (Lipinski definition) is 3. The predicted octanol–water partition coefficient (Wildman–Crippen LogP) is 2.45. The van der Waals surface area contributed by atoms with Crippen molar-refractivity contribution in [3.63, 3.8) is 0 Å². The fourth-order valence-corrected chi connectivity index (χ4v) is 2.64. The molecule has 110 valence electrons. The van der Waals surface area contributed by atoms with Gasteiger partial charge in [0.1, 0.15) is 5.75 Å². The summed E-state index contributed by atoms with van der Waals surface area (Å²) in [5, 5.41) is 3.01. The second-order valence-electron chi connectivity index (χ2n) is 5.67. The van der Waals surface area contributed by atoms with Crippen LogP contribution >= 0.6 is 0 Å². The summed E-state index contributed by atoms with van der Waals surface area (Å²) in [6.07, 6.45) is 4.58. The number of nitrogens with one attached hydrogen (secondary N) is 1. The summed E-state index contributed by atoms with van der Waals surface area (Å²) in [5.74, 6) is 0.653. The van der Waals surface area contributed by atoms with E-state index in [0.29, 0.717) is 11.8 Å². The van der Waals surface area contributed by atoms with Gasteiger partial charge in [0, 0.05) is 17.6 Å². The third kappa shape index (κ3) is 3.97. The van der Waals surface area contributed by atoms with Gasteiger partial charge in [0.2, 0.25) is 0 Å². The highest BCUT2D eigenvalue weighted by Gasteiger charge is 2.17. The first kappa shape index (κ1) is 14.9. The number of benzene rings is 1. The number of carbonyl (C=O) groups is 1. The zero-order chi connectivity index (χ0) is 14.5. The number of hydrogen-bond donors (Lipinski definition) is 2. The largest absolute Gasteiger partial charge is 0.483 e. The summed E-state index contributed by atoms with van der Waals surface area (Å²) >= 11 is 0. The molecule has 4 heteroatoms. The standard InChI is InChI=1S/C16H24N2O2/c1-11-7-8-15(14(9-11)12(2)17)20-10-16(19)18-13-5-3-4-6-13/h7-9,12-13H,3-6,10,17H2,1-2H3,(H,18,19)/t12-/m1/s1. The van der Waals surface area contributed by atoms with Gasteiger partial charge in [0.05, 0.1) is 0 Å². The summed E-state index contributed by atoms with van der Waals surface area (Å²) in [7, 11) is 0. The maximum atomic E-state index is 11.9. The van der Waals surface area contributed by atoms with Crippen LogP contribution in [0.2, 0.25) is 0 Å². The van der Waals surface area contributed by atoms with Crippen LogP contribution in [0.4, 0.5) is 0 Å². The molecule has 0 bridgehead atoms. The van der Waals surface area contributed by atoms with E-state index in [-0.39, 0.29) is 18.6 Å². The van der Waals surface area contributed by atoms with Crippen molar-refractivity contribution in [2.24, 2.45) is 5.73 Å². The molecular weight excluding hydrogens is 252 g/mol. The Labute approximate surface area is 120 Å². The van der Waals surface area contributed by atoms with E-state index in [1.54, 1.807) is 0 Å². The number of carbonyl (C=O) groups excluding carboxylic acids is 1. The van der Waals surface area contributed by atoms with Crippen molar-refractivity contribution in [3.05, 3.63) is 29.3 Å². The Balaban J connectivity index is 1.91. The molecule has 0 spiro atoms. The van der Waals surface area contributed by atoms with Crippen LogP contribution in [0.15, 0.2) is 18.2 Å². The van der Waals surface area contributed by atoms with Gasteiger partial charge in [-0.15, -0.1) is 0 Å². The van der Waals surface area contributed by atoms with Crippen LogP contribution in [0.1, 0.15) is 49.8 Å². The fourth-order valence-electron chi connectivity index (χ4n) is 2.64. The zero-order valence-corrected chi connectivity index (χ0v) is 12.3. The number of ether oxygens (including phenoxy) is 1. The predicted molar refractivity (Wildman–Crippen MR) is 79.7 cm³/mol. The Morgan fingerprint density at radius 2 is 2.15 bits per heavy atom. The molecule has 1 aliphatic carbocycles. The third-order valence-corrected chi connectivity index (χ3v) is 3.73. The first-order valence-electron chi connectivity index (χ1n) is 7.34. The maximum Gasteiger partial charge on any atom is 0.258 e. The van der Waals surface area contributed by atoms with E-state index in [4.69, 9.17) is 10.5 Å². The van der Waals surface area contributed by atoms with Gasteiger partial charge in [-0.2, -0.15) is 0 Å². The Kier molecular flexibility index (Phi) is 5.01. The summed E-state index contributed by atoms with van der Waals surface area (Å²) in [5.41, 5.74) is 8.02. The highest BCUT2D eigenvalue weighted by atomic mass is 16.5. The lowest BCUT2D eigenvalue weighted by molar-refractivity contribution is -0.123. The average molecular weight is 276 g/mol. The number of nitrogens with two attached hydrogens (primary N) is 1. The molecule has 0 aliphatic heterocycles. The van der Waals surface area contributed by atoms with Gasteiger partial charge in [-0.05, 0) is 32.8 Å². The number of rotatable bonds is 5. The van der Waals surface area contributed by atoms with Gasteiger partial charge in [-0.3, -0.25) is 4.79 Å². The quantitative estimate of drug-likeness (QED) is 0.868. The van der Waals surface area contributed by atoms with Gasteiger partial charge in [0.15, 0.2) is 6.61 Å². The smallest absolute Gasteiger partial charge is 0.258 e. The van der Waals surface area contributed by atoms with Crippen LogP contribution in [0.3, 0.4) is 0 Å². The molecule has 2 rings (SSSR count). The molecule has 1 fully saturated rings. The van der Waals surface area contributed by atoms with Crippen molar-refractivity contribution in [2.45, 2.75) is 51.6 Å². The molecule has 20 heavy (non-hydrogen) atoms. The SMILES string of the molecule is Cc1ccc(OCC(=O)NC2CCCC2)c([C@@H](C)N)c1. The lowest BCUT2D eigenvalue weighted by atomic mass is 10.1. The lowest BCUT2D eigenvalue weighted by Gasteiger charge is -2.16. The second kappa shape index (κ2) is 6.75. The van der Waals surface area contributed by atoms with E-state index in [0.717, 1.165) is 24.0 Å². The Hall–Kier alpha value is -1.55. The molecule has 3 N–H and O–H groups in total. The Morgan fingerprint density at radius 3 is 2.80 bits per heavy atom. The summed E-state index contributed by atoms with van der Waals surface area (Å²) in [6.45, 7) is 3.99. The summed E-state index contributed by atoms with van der Waals surface area (Å²) < 4.78 is 5.63. The molecule has 0 heterocycles. The molecule has 1 amide bonds. The Morgan fingerprint density at radius 1 is 1.45 bits per heavy atom. The van der Waals surface area contributed by atoms with Gasteiger partial charge >= 0.3 is 0 Å². The van der Waals surface area contributed by atoms with Crippen LogP contribution in [0.5, 0.6) is 5.75 Å². The van der Waals surface area contributed by atoms with Gasteiger partial charge in [-0.25, -0.2) is 0 Å². The van der Waals surface area contributed by atoms with E-state index in [9.17, 15) is 4.79 Å². The molecule has 1 saturated carbocycles. The van der Waals surface area contributed by atoms with Crippen molar-refractivity contribution in [2.75, 3.05) is 6.61 Å². The molecule has 1 aromatic rings. The molecule has 0 aromatic heterocycles. The van der Waals surface area contributed by atoms with Gasteiger partial charge in [-0.1, -0.05) is 30.5 Å².